The Morgan fingerprint density at radius 2 is 1.61 bits per heavy atom. The van der Waals surface area contributed by atoms with E-state index < -0.39 is 43.2 Å². The van der Waals surface area contributed by atoms with E-state index in [1.54, 1.807) is 10.9 Å². The monoisotopic (exact) mass is 633 g/mol. The third-order valence-corrected chi connectivity index (χ3v) is 6.71. The van der Waals surface area contributed by atoms with Crippen molar-refractivity contribution in [3.8, 4) is 0 Å². The van der Waals surface area contributed by atoms with Gasteiger partial charge in [0.1, 0.15) is 35.8 Å². The summed E-state index contributed by atoms with van der Waals surface area (Å²) in [7, 11) is 0. The standard InChI is InChI=1S/C28H51N5O11/c1-21(35)30-25-27(38)26(37)24(19-34)44-28(25)43-17-16-41-15-14-40-13-12-39-11-9-33-18-22(31-32-33)20-42-10-5-7-23(36)6-3-2-4-8-29/h18,24-28,34,37-38H,2-17,19-20,29H2,1H3,(H,30,35)/t24-,25-,26+,27-,28-/m1/s1. The number of aromatic nitrogens is 3. The van der Waals surface area contributed by atoms with Crippen LogP contribution in [0.5, 0.6) is 0 Å². The smallest absolute Gasteiger partial charge is 0.217 e. The molecule has 254 valence electrons. The van der Waals surface area contributed by atoms with Gasteiger partial charge in [0, 0.05) is 26.4 Å². The molecule has 44 heavy (non-hydrogen) atoms. The summed E-state index contributed by atoms with van der Waals surface area (Å²) in [5, 5.41) is 40.3. The summed E-state index contributed by atoms with van der Waals surface area (Å²) in [6, 6.07) is -0.991. The molecule has 0 unspecified atom stereocenters. The molecule has 0 saturated carbocycles. The topological polar surface area (TPSA) is 219 Å². The van der Waals surface area contributed by atoms with E-state index in [4.69, 9.17) is 34.2 Å². The summed E-state index contributed by atoms with van der Waals surface area (Å²) >= 11 is 0. The predicted octanol–water partition coefficient (Wildman–Crippen LogP) is -1.33. The van der Waals surface area contributed by atoms with Crippen molar-refractivity contribution >= 4 is 11.7 Å². The second kappa shape index (κ2) is 23.3. The Morgan fingerprint density at radius 3 is 2.30 bits per heavy atom. The molecule has 0 bridgehead atoms. The largest absolute Gasteiger partial charge is 0.394 e. The number of nitrogens with two attached hydrogens (primary N) is 1. The first-order valence-corrected chi connectivity index (χ1v) is 15.3. The Balaban J connectivity index is 1.42. The van der Waals surface area contributed by atoms with Gasteiger partial charge in [-0.2, -0.15) is 0 Å². The summed E-state index contributed by atoms with van der Waals surface area (Å²) in [5.41, 5.74) is 6.18. The third kappa shape index (κ3) is 15.7. The lowest BCUT2D eigenvalue weighted by Gasteiger charge is -2.42. The van der Waals surface area contributed by atoms with Crippen molar-refractivity contribution < 1.29 is 53.3 Å². The van der Waals surface area contributed by atoms with Gasteiger partial charge in [0.25, 0.3) is 0 Å². The van der Waals surface area contributed by atoms with Gasteiger partial charge < -0.3 is 54.8 Å². The van der Waals surface area contributed by atoms with E-state index in [2.05, 4.69) is 15.6 Å². The van der Waals surface area contributed by atoms with Crippen LogP contribution in [0.15, 0.2) is 6.20 Å². The van der Waals surface area contributed by atoms with E-state index in [1.807, 2.05) is 0 Å². The first-order valence-electron chi connectivity index (χ1n) is 15.3. The molecule has 5 atom stereocenters. The van der Waals surface area contributed by atoms with Gasteiger partial charge >= 0.3 is 0 Å². The number of hydrogen-bond acceptors (Lipinski definition) is 14. The average molecular weight is 634 g/mol. The molecule has 1 saturated heterocycles. The van der Waals surface area contributed by atoms with Crippen LogP contribution >= 0.6 is 0 Å². The minimum absolute atomic E-state index is 0.0955. The number of rotatable bonds is 26. The molecule has 0 radical (unpaired) electrons. The number of Topliss-reactive ketones (excluding diaryl/α,β-unsaturated/α-hetero) is 1. The van der Waals surface area contributed by atoms with E-state index in [9.17, 15) is 24.9 Å². The predicted molar refractivity (Wildman–Crippen MR) is 155 cm³/mol. The number of unbranched alkanes of at least 4 members (excludes halogenated alkanes) is 2. The molecule has 0 spiro atoms. The Labute approximate surface area is 258 Å². The number of ether oxygens (including phenoxy) is 6. The van der Waals surface area contributed by atoms with Crippen LogP contribution < -0.4 is 11.1 Å². The van der Waals surface area contributed by atoms with Crippen LogP contribution in [0.25, 0.3) is 0 Å². The summed E-state index contributed by atoms with van der Waals surface area (Å²) in [6.07, 6.45) is 1.70. The SMILES string of the molecule is CC(=O)N[C@H]1[C@H](OCCOCCOCCOCCn2cc(COCCCC(=O)CCCCCN)nn2)O[C@H](CO)[C@H](O)[C@@H]1O. The van der Waals surface area contributed by atoms with Crippen molar-refractivity contribution in [2.45, 2.75) is 89.2 Å². The van der Waals surface area contributed by atoms with Crippen molar-refractivity contribution in [3.63, 3.8) is 0 Å². The number of ketones is 1. The van der Waals surface area contributed by atoms with Crippen molar-refractivity contribution in [3.05, 3.63) is 11.9 Å². The van der Waals surface area contributed by atoms with E-state index in [-0.39, 0.29) is 19.0 Å². The lowest BCUT2D eigenvalue weighted by Crippen LogP contribution is -2.64. The number of carbonyl (C=O) groups excluding carboxylic acids is 2. The zero-order valence-electron chi connectivity index (χ0n) is 25.7. The van der Waals surface area contributed by atoms with Crippen LogP contribution in [0, 0.1) is 0 Å². The fourth-order valence-corrected chi connectivity index (χ4v) is 4.37. The van der Waals surface area contributed by atoms with Crippen LogP contribution in [0.1, 0.15) is 51.1 Å². The van der Waals surface area contributed by atoms with Gasteiger partial charge in [0.05, 0.1) is 72.2 Å². The Bertz CT molecular complexity index is 909. The van der Waals surface area contributed by atoms with Crippen molar-refractivity contribution in [1.82, 2.24) is 20.3 Å². The highest BCUT2D eigenvalue weighted by Crippen LogP contribution is 2.22. The minimum atomic E-state index is -1.36. The van der Waals surface area contributed by atoms with Gasteiger partial charge in [-0.1, -0.05) is 11.6 Å². The summed E-state index contributed by atoms with van der Waals surface area (Å²) in [4.78, 5) is 23.3. The highest BCUT2D eigenvalue weighted by molar-refractivity contribution is 5.78. The van der Waals surface area contributed by atoms with Crippen LogP contribution in [0.2, 0.25) is 0 Å². The number of aliphatic hydroxyl groups is 3. The molecule has 0 aliphatic carbocycles. The number of nitrogens with one attached hydrogen (secondary N) is 1. The van der Waals surface area contributed by atoms with Crippen molar-refractivity contribution in [1.29, 1.82) is 0 Å². The zero-order valence-corrected chi connectivity index (χ0v) is 25.7. The number of carbonyl (C=O) groups is 2. The van der Waals surface area contributed by atoms with Gasteiger partial charge in [-0.05, 0) is 25.8 Å². The minimum Gasteiger partial charge on any atom is -0.394 e. The fourth-order valence-electron chi connectivity index (χ4n) is 4.37. The molecular formula is C28H51N5O11. The molecule has 1 amide bonds. The van der Waals surface area contributed by atoms with Gasteiger partial charge in [-0.15, -0.1) is 5.10 Å². The van der Waals surface area contributed by atoms with E-state index in [0.717, 1.165) is 25.0 Å². The third-order valence-electron chi connectivity index (χ3n) is 6.71. The lowest BCUT2D eigenvalue weighted by atomic mass is 9.97. The molecule has 2 heterocycles. The Morgan fingerprint density at radius 1 is 0.932 bits per heavy atom. The fraction of sp³-hybridized carbons (Fsp3) is 0.857. The zero-order chi connectivity index (χ0) is 32.0. The van der Waals surface area contributed by atoms with Gasteiger partial charge in [-0.3, -0.25) is 9.59 Å². The molecule has 6 N–H and O–H groups in total. The van der Waals surface area contributed by atoms with E-state index in [1.165, 1.54) is 6.92 Å². The first kappa shape index (κ1) is 38.1. The Kier molecular flexibility index (Phi) is 20.1. The molecule has 1 fully saturated rings. The second-order valence-electron chi connectivity index (χ2n) is 10.4. The molecule has 2 rings (SSSR count). The van der Waals surface area contributed by atoms with Crippen LogP contribution in [0.4, 0.5) is 0 Å². The highest BCUT2D eigenvalue weighted by Gasteiger charge is 2.45. The van der Waals surface area contributed by atoms with Crippen LogP contribution in [0.3, 0.4) is 0 Å². The molecule has 16 nitrogen and oxygen atoms in total. The molecule has 1 aliphatic rings. The summed E-state index contributed by atoms with van der Waals surface area (Å²) in [6.45, 7) is 5.03. The number of nitrogens with zero attached hydrogens (tertiary/aromatic N) is 3. The number of hydrogen-bond donors (Lipinski definition) is 5. The molecule has 1 aromatic rings. The molecule has 0 aromatic carbocycles. The summed E-state index contributed by atoms with van der Waals surface area (Å²) < 4.78 is 34.8. The molecule has 1 aliphatic heterocycles. The van der Waals surface area contributed by atoms with Crippen molar-refractivity contribution in [2.75, 3.05) is 66.0 Å². The van der Waals surface area contributed by atoms with Gasteiger partial charge in [0.15, 0.2) is 6.29 Å². The maximum Gasteiger partial charge on any atom is 0.217 e. The van der Waals surface area contributed by atoms with Gasteiger partial charge in [-0.25, -0.2) is 4.68 Å². The van der Waals surface area contributed by atoms with Crippen molar-refractivity contribution in [2.24, 2.45) is 5.73 Å². The average Bonchev–Trinajstić information content (AvgIpc) is 3.46. The first-order chi connectivity index (χ1) is 21.3. The Hall–Kier alpha value is -2.12. The number of amides is 1. The van der Waals surface area contributed by atoms with Gasteiger partial charge in [0.2, 0.25) is 5.91 Å². The van der Waals surface area contributed by atoms with E-state index >= 15 is 0 Å². The van der Waals surface area contributed by atoms with E-state index in [0.29, 0.717) is 78.6 Å². The maximum atomic E-state index is 11.8. The normalized spacial score (nSPS) is 21.9. The molecular weight excluding hydrogens is 582 g/mol. The number of aliphatic hydroxyl groups excluding tert-OH is 3. The highest BCUT2D eigenvalue weighted by atomic mass is 16.7. The molecule has 16 heteroatoms. The quantitative estimate of drug-likeness (QED) is 0.0747. The van der Waals surface area contributed by atoms with Crippen LogP contribution in [-0.4, -0.2) is 139 Å². The lowest BCUT2D eigenvalue weighted by molar-refractivity contribution is -0.272. The maximum absolute atomic E-state index is 11.8. The second-order valence-corrected chi connectivity index (χ2v) is 10.4. The molecule has 1 aromatic heterocycles. The van der Waals surface area contributed by atoms with Crippen LogP contribution in [-0.2, 0) is 51.2 Å². The summed E-state index contributed by atoms with van der Waals surface area (Å²) in [5.74, 6) is -0.152.